The molecule has 2 aromatic rings. The van der Waals surface area contributed by atoms with Gasteiger partial charge in [-0.25, -0.2) is 0 Å². The molecule has 0 heterocycles. The molecule has 0 aliphatic carbocycles. The van der Waals surface area contributed by atoms with Gasteiger partial charge in [-0.3, -0.25) is 0 Å². The van der Waals surface area contributed by atoms with Crippen LogP contribution >= 0.6 is 11.6 Å². The summed E-state index contributed by atoms with van der Waals surface area (Å²) in [7, 11) is 4.14. The summed E-state index contributed by atoms with van der Waals surface area (Å²) in [6.07, 6.45) is 1.03. The lowest BCUT2D eigenvalue weighted by atomic mass is 10.1. The summed E-state index contributed by atoms with van der Waals surface area (Å²) < 4.78 is 5.79. The van der Waals surface area contributed by atoms with Gasteiger partial charge in [0.1, 0.15) is 5.75 Å². The molecule has 0 unspecified atom stereocenters. The predicted octanol–water partition coefficient (Wildman–Crippen LogP) is 3.76. The van der Waals surface area contributed by atoms with Crippen LogP contribution in [0.2, 0.25) is 0 Å². The highest BCUT2D eigenvalue weighted by molar-refractivity contribution is 6.19. The number of ether oxygens (including phenoxy) is 1. The number of nitrogens with zero attached hydrogens (tertiary/aromatic N) is 1. The largest absolute Gasteiger partial charge is 0.494 e. The molecule has 2 aromatic carbocycles. The van der Waals surface area contributed by atoms with Crippen molar-refractivity contribution in [3.05, 3.63) is 42.0 Å². The van der Waals surface area contributed by atoms with Crippen molar-refractivity contribution < 1.29 is 4.74 Å². The van der Waals surface area contributed by atoms with E-state index in [-0.39, 0.29) is 0 Å². The van der Waals surface area contributed by atoms with Crippen molar-refractivity contribution in [2.45, 2.75) is 6.42 Å². The minimum atomic E-state index is 0.359. The zero-order chi connectivity index (χ0) is 15.1. The van der Waals surface area contributed by atoms with Gasteiger partial charge in [0, 0.05) is 12.1 Å². The minimum absolute atomic E-state index is 0.359. The van der Waals surface area contributed by atoms with Gasteiger partial charge in [-0.15, -0.1) is 11.6 Å². The molecule has 0 aliphatic heterocycles. The Hall–Kier alpha value is -1.69. The predicted molar refractivity (Wildman–Crippen MR) is 90.2 cm³/mol. The lowest BCUT2D eigenvalue weighted by Gasteiger charge is -2.11. The molecule has 3 heteroatoms. The third-order valence-electron chi connectivity index (χ3n) is 3.13. The summed E-state index contributed by atoms with van der Waals surface area (Å²) in [5, 5.41) is 2.33. The van der Waals surface area contributed by atoms with Crippen LogP contribution in [-0.4, -0.2) is 38.0 Å². The maximum atomic E-state index is 5.79. The number of hydrogen-bond donors (Lipinski definition) is 0. The Kier molecular flexibility index (Phi) is 5.92. The zero-order valence-corrected chi connectivity index (χ0v) is 13.3. The molecule has 0 saturated carbocycles. The van der Waals surface area contributed by atoms with Crippen LogP contribution in [-0.2, 0) is 0 Å². The summed E-state index contributed by atoms with van der Waals surface area (Å²) >= 11 is 5.58. The van der Waals surface area contributed by atoms with E-state index in [1.807, 2.05) is 12.1 Å². The SMILES string of the molecule is CN(C)CCCOc1ccc2cc(C#CCCl)ccc2c1. The summed E-state index contributed by atoms with van der Waals surface area (Å²) in [5.41, 5.74) is 0.989. The number of rotatable bonds is 5. The first kappa shape index (κ1) is 15.7. The molecule has 0 fully saturated rings. The van der Waals surface area contributed by atoms with Crippen LogP contribution in [0.1, 0.15) is 12.0 Å². The van der Waals surface area contributed by atoms with Gasteiger partial charge in [-0.05, 0) is 55.6 Å². The molecule has 2 rings (SSSR count). The first-order valence-electron chi connectivity index (χ1n) is 7.05. The first-order chi connectivity index (χ1) is 10.2. The lowest BCUT2D eigenvalue weighted by molar-refractivity contribution is 0.282. The normalized spacial score (nSPS) is 10.5. The highest BCUT2D eigenvalue weighted by Gasteiger charge is 1.99. The molecule has 0 radical (unpaired) electrons. The molecule has 0 aromatic heterocycles. The third kappa shape index (κ3) is 4.97. The molecule has 2 nitrogen and oxygen atoms in total. The first-order valence-corrected chi connectivity index (χ1v) is 7.58. The number of hydrogen-bond acceptors (Lipinski definition) is 2. The monoisotopic (exact) mass is 301 g/mol. The van der Waals surface area contributed by atoms with E-state index in [4.69, 9.17) is 16.3 Å². The number of fused-ring (bicyclic) bond motifs is 1. The van der Waals surface area contributed by atoms with E-state index >= 15 is 0 Å². The van der Waals surface area contributed by atoms with Crippen molar-refractivity contribution in [3.63, 3.8) is 0 Å². The average molecular weight is 302 g/mol. The molecule has 0 atom stereocenters. The van der Waals surface area contributed by atoms with Crippen molar-refractivity contribution in [2.75, 3.05) is 33.1 Å². The van der Waals surface area contributed by atoms with E-state index in [1.165, 1.54) is 0 Å². The lowest BCUT2D eigenvalue weighted by Crippen LogP contribution is -2.15. The molecule has 0 spiro atoms. The Morgan fingerprint density at radius 1 is 1.10 bits per heavy atom. The van der Waals surface area contributed by atoms with Gasteiger partial charge >= 0.3 is 0 Å². The molecule has 21 heavy (non-hydrogen) atoms. The molecular formula is C18H20ClNO. The van der Waals surface area contributed by atoms with E-state index in [0.29, 0.717) is 5.88 Å². The Balaban J connectivity index is 2.04. The minimum Gasteiger partial charge on any atom is -0.494 e. The molecular weight excluding hydrogens is 282 g/mol. The fourth-order valence-electron chi connectivity index (χ4n) is 2.10. The van der Waals surface area contributed by atoms with Crippen molar-refractivity contribution >= 4 is 22.4 Å². The smallest absolute Gasteiger partial charge is 0.119 e. The summed E-state index contributed by atoms with van der Waals surface area (Å²) in [6.45, 7) is 1.78. The fourth-order valence-corrected chi connectivity index (χ4v) is 2.16. The van der Waals surface area contributed by atoms with Crippen molar-refractivity contribution in [3.8, 4) is 17.6 Å². The van der Waals surface area contributed by atoms with E-state index in [2.05, 4.69) is 55.1 Å². The van der Waals surface area contributed by atoms with Gasteiger partial charge in [0.2, 0.25) is 0 Å². The van der Waals surface area contributed by atoms with Crippen LogP contribution < -0.4 is 4.74 Å². The number of benzene rings is 2. The third-order valence-corrected chi connectivity index (χ3v) is 3.26. The van der Waals surface area contributed by atoms with Crippen molar-refractivity contribution in [2.24, 2.45) is 0 Å². The average Bonchev–Trinajstić information content (AvgIpc) is 2.49. The van der Waals surface area contributed by atoms with E-state index in [0.717, 1.165) is 41.7 Å². The second-order valence-corrected chi connectivity index (χ2v) is 5.43. The van der Waals surface area contributed by atoms with Crippen molar-refractivity contribution in [1.29, 1.82) is 0 Å². The van der Waals surface area contributed by atoms with E-state index < -0.39 is 0 Å². The molecule has 0 aliphatic rings. The Bertz CT molecular complexity index is 655. The van der Waals surface area contributed by atoms with Gasteiger partial charge in [0.25, 0.3) is 0 Å². The van der Waals surface area contributed by atoms with Crippen molar-refractivity contribution in [1.82, 2.24) is 4.90 Å². The zero-order valence-electron chi connectivity index (χ0n) is 12.5. The molecule has 0 N–H and O–H groups in total. The van der Waals surface area contributed by atoms with Gasteiger partial charge in [-0.2, -0.15) is 0 Å². The standard InChI is InChI=1S/C18H20ClNO/c1-20(2)11-4-12-21-18-9-8-16-13-15(5-3-10-19)6-7-17(16)14-18/h6-9,13-14H,4,10-12H2,1-2H3. The molecule has 0 bridgehead atoms. The fraction of sp³-hybridized carbons (Fsp3) is 0.333. The van der Waals surface area contributed by atoms with Gasteiger partial charge in [0.15, 0.2) is 0 Å². The van der Waals surface area contributed by atoms with Gasteiger partial charge in [0.05, 0.1) is 12.5 Å². The summed E-state index contributed by atoms with van der Waals surface area (Å²) in [5.74, 6) is 7.18. The second-order valence-electron chi connectivity index (χ2n) is 5.16. The highest BCUT2D eigenvalue weighted by Crippen LogP contribution is 2.22. The summed E-state index contributed by atoms with van der Waals surface area (Å²) in [4.78, 5) is 2.16. The maximum Gasteiger partial charge on any atom is 0.119 e. The quantitative estimate of drug-likeness (QED) is 0.474. The van der Waals surface area contributed by atoms with Crippen LogP contribution in [0.3, 0.4) is 0 Å². The topological polar surface area (TPSA) is 12.5 Å². The Labute approximate surface area is 131 Å². The van der Waals surface area contributed by atoms with Crippen LogP contribution in [0.5, 0.6) is 5.75 Å². The molecule has 110 valence electrons. The number of alkyl halides is 1. The van der Waals surface area contributed by atoms with Crippen LogP contribution in [0, 0.1) is 11.8 Å². The van der Waals surface area contributed by atoms with Crippen LogP contribution in [0.15, 0.2) is 36.4 Å². The highest BCUT2D eigenvalue weighted by atomic mass is 35.5. The second kappa shape index (κ2) is 7.93. The van der Waals surface area contributed by atoms with Gasteiger partial charge in [-0.1, -0.05) is 24.0 Å². The van der Waals surface area contributed by atoms with E-state index in [1.54, 1.807) is 0 Å². The number of halogens is 1. The molecule has 0 amide bonds. The molecule has 0 saturated heterocycles. The van der Waals surface area contributed by atoms with Gasteiger partial charge < -0.3 is 9.64 Å². The van der Waals surface area contributed by atoms with Crippen LogP contribution in [0.25, 0.3) is 10.8 Å². The van der Waals surface area contributed by atoms with Crippen LogP contribution in [0.4, 0.5) is 0 Å². The Morgan fingerprint density at radius 3 is 2.62 bits per heavy atom. The Morgan fingerprint density at radius 2 is 1.86 bits per heavy atom. The van der Waals surface area contributed by atoms with E-state index in [9.17, 15) is 0 Å². The maximum absolute atomic E-state index is 5.79. The summed E-state index contributed by atoms with van der Waals surface area (Å²) in [6, 6.07) is 12.3.